The first-order valence-electron chi connectivity index (χ1n) is 11.7. The number of carbonyl (C=O) groups excluding carboxylic acids is 2. The van der Waals surface area contributed by atoms with E-state index in [9.17, 15) is 14.7 Å². The number of ketones is 1. The number of amidine groups is 1. The minimum Gasteiger partial charge on any atom is -0.504 e. The Morgan fingerprint density at radius 2 is 1.86 bits per heavy atom. The number of aromatic hydroxyl groups is 1. The second-order valence-corrected chi connectivity index (χ2v) is 10.4. The topological polar surface area (TPSA) is 106 Å². The summed E-state index contributed by atoms with van der Waals surface area (Å²) < 4.78 is 5.79. The molecule has 3 rings (SSSR count). The number of hydrogen-bond donors (Lipinski definition) is 3. The first-order valence-corrected chi connectivity index (χ1v) is 11.7. The van der Waals surface area contributed by atoms with E-state index in [4.69, 9.17) is 10.1 Å². The maximum atomic E-state index is 13.4. The highest BCUT2D eigenvalue weighted by atomic mass is 16.5. The number of Topliss-reactive ketones (excluding diaryl/α,β-unsaturated/α-hetero) is 1. The molecule has 0 aromatic heterocycles. The van der Waals surface area contributed by atoms with Crippen molar-refractivity contribution in [3.8, 4) is 11.5 Å². The Balaban J connectivity index is 1.94. The number of phenolic OH excluding ortho intramolecular Hbond substituents is 1. The predicted octanol–water partition coefficient (Wildman–Crippen LogP) is 3.93. The first kappa shape index (κ1) is 26.1. The van der Waals surface area contributed by atoms with E-state index in [0.29, 0.717) is 28.8 Å². The third-order valence-electron chi connectivity index (χ3n) is 6.01. The number of fused-ring (bicyclic) bond motifs is 1. The highest BCUT2D eigenvalue weighted by Crippen LogP contribution is 2.39. The van der Waals surface area contributed by atoms with Gasteiger partial charge in [0.25, 0.3) is 5.91 Å². The van der Waals surface area contributed by atoms with Gasteiger partial charge in [0.2, 0.25) is 0 Å². The molecule has 3 N–H and O–H groups in total. The van der Waals surface area contributed by atoms with E-state index in [-0.39, 0.29) is 41.7 Å². The maximum Gasteiger partial charge on any atom is 0.253 e. The van der Waals surface area contributed by atoms with Crippen LogP contribution in [0.1, 0.15) is 72.0 Å². The number of hydrogen-bond acceptors (Lipinski definition) is 6. The summed E-state index contributed by atoms with van der Waals surface area (Å²) in [4.78, 5) is 29.4. The van der Waals surface area contributed by atoms with Crippen molar-refractivity contribution in [3.63, 3.8) is 0 Å². The van der Waals surface area contributed by atoms with E-state index < -0.39 is 5.41 Å². The molecule has 0 fully saturated rings. The molecule has 1 heterocycles. The molecule has 188 valence electrons. The van der Waals surface area contributed by atoms with Gasteiger partial charge in [0.05, 0.1) is 18.2 Å². The fourth-order valence-corrected chi connectivity index (χ4v) is 4.21. The number of carbonyl (C=O) groups is 2. The van der Waals surface area contributed by atoms with Crippen molar-refractivity contribution in [2.75, 3.05) is 32.6 Å². The molecule has 8 nitrogen and oxygen atoms in total. The maximum absolute atomic E-state index is 13.4. The Morgan fingerprint density at radius 3 is 2.40 bits per heavy atom. The Labute approximate surface area is 207 Å². The first-order chi connectivity index (χ1) is 16.2. The zero-order valence-electron chi connectivity index (χ0n) is 21.9. The summed E-state index contributed by atoms with van der Waals surface area (Å²) in [5.41, 5.74) is 3.43. The largest absolute Gasteiger partial charge is 0.504 e. The summed E-state index contributed by atoms with van der Waals surface area (Å²) in [7, 11) is 5.31. The van der Waals surface area contributed by atoms with Crippen molar-refractivity contribution >= 4 is 23.2 Å². The monoisotopic (exact) mass is 480 g/mol. The lowest BCUT2D eigenvalue weighted by atomic mass is 9.84. The Kier molecular flexibility index (Phi) is 7.15. The highest BCUT2D eigenvalue weighted by Gasteiger charge is 2.30. The highest BCUT2D eigenvalue weighted by molar-refractivity contribution is 6.08. The Hall–Kier alpha value is -3.55. The van der Waals surface area contributed by atoms with Crippen molar-refractivity contribution in [1.82, 2.24) is 10.2 Å². The van der Waals surface area contributed by atoms with Gasteiger partial charge in [-0.1, -0.05) is 20.8 Å². The Bertz CT molecular complexity index is 1180. The van der Waals surface area contributed by atoms with Gasteiger partial charge in [0.1, 0.15) is 5.84 Å². The standard InChI is InChI=1S/C27H36N4O4/c1-15(2)35-23-11-16(9-20(24(23)33)27(3,4)5)22(32)14-31-13-17-10-21(30(7)8)19(26(34)29-6)12-18(17)25(31)28/h9-12,15,28,33H,13-14H2,1-8H3,(H,29,34). The molecule has 35 heavy (non-hydrogen) atoms. The van der Waals surface area contributed by atoms with Crippen LogP contribution in [0.5, 0.6) is 11.5 Å². The zero-order chi connectivity index (χ0) is 26.2. The average Bonchev–Trinajstić information content (AvgIpc) is 3.06. The van der Waals surface area contributed by atoms with Gasteiger partial charge in [-0.3, -0.25) is 15.0 Å². The van der Waals surface area contributed by atoms with Crippen LogP contribution in [0.3, 0.4) is 0 Å². The number of anilines is 1. The van der Waals surface area contributed by atoms with Gasteiger partial charge in [0.15, 0.2) is 17.3 Å². The van der Waals surface area contributed by atoms with Gasteiger partial charge in [-0.25, -0.2) is 0 Å². The minimum atomic E-state index is -0.398. The van der Waals surface area contributed by atoms with Crippen LogP contribution in [0.4, 0.5) is 5.69 Å². The third-order valence-corrected chi connectivity index (χ3v) is 6.01. The lowest BCUT2D eigenvalue weighted by molar-refractivity contribution is 0.0954. The predicted molar refractivity (Wildman–Crippen MR) is 138 cm³/mol. The summed E-state index contributed by atoms with van der Waals surface area (Å²) in [5, 5.41) is 22.1. The summed E-state index contributed by atoms with van der Waals surface area (Å²) in [6, 6.07) is 6.92. The molecule has 1 aliphatic rings. The lowest BCUT2D eigenvalue weighted by Gasteiger charge is -2.24. The lowest BCUT2D eigenvalue weighted by Crippen LogP contribution is -2.30. The number of phenols is 1. The summed E-state index contributed by atoms with van der Waals surface area (Å²) in [6.45, 7) is 10.0. The molecule has 8 heteroatoms. The molecule has 1 amide bonds. The van der Waals surface area contributed by atoms with Crippen molar-refractivity contribution in [2.45, 2.75) is 52.7 Å². The van der Waals surface area contributed by atoms with Crippen LogP contribution >= 0.6 is 0 Å². The number of ether oxygens (including phenoxy) is 1. The molecule has 0 radical (unpaired) electrons. The smallest absolute Gasteiger partial charge is 0.253 e. The molecule has 0 saturated heterocycles. The molecule has 0 saturated carbocycles. The molecule has 0 bridgehead atoms. The molecule has 2 aromatic rings. The molecule has 0 aliphatic carbocycles. The van der Waals surface area contributed by atoms with Crippen LogP contribution in [-0.4, -0.2) is 61.3 Å². The minimum absolute atomic E-state index is 0.00437. The number of nitrogens with zero attached hydrogens (tertiary/aromatic N) is 2. The summed E-state index contributed by atoms with van der Waals surface area (Å²) >= 11 is 0. The Morgan fingerprint density at radius 1 is 1.20 bits per heavy atom. The molecule has 2 aromatic carbocycles. The van der Waals surface area contributed by atoms with Crippen molar-refractivity contribution in [2.24, 2.45) is 0 Å². The van der Waals surface area contributed by atoms with Crippen molar-refractivity contribution in [3.05, 3.63) is 52.1 Å². The van der Waals surface area contributed by atoms with Crippen molar-refractivity contribution in [1.29, 1.82) is 5.41 Å². The van der Waals surface area contributed by atoms with E-state index >= 15 is 0 Å². The second-order valence-electron chi connectivity index (χ2n) is 10.4. The molecule has 0 atom stereocenters. The van der Waals surface area contributed by atoms with Crippen LogP contribution in [0.25, 0.3) is 0 Å². The van der Waals surface area contributed by atoms with Gasteiger partial charge >= 0.3 is 0 Å². The molecule has 1 aliphatic heterocycles. The quantitative estimate of drug-likeness (QED) is 0.519. The molecular weight excluding hydrogens is 444 g/mol. The van der Waals surface area contributed by atoms with E-state index in [1.807, 2.05) is 59.7 Å². The van der Waals surface area contributed by atoms with E-state index in [1.54, 1.807) is 30.1 Å². The van der Waals surface area contributed by atoms with Gasteiger partial charge in [-0.05, 0) is 49.1 Å². The molecule has 0 unspecified atom stereocenters. The third kappa shape index (κ3) is 5.26. The van der Waals surface area contributed by atoms with Crippen LogP contribution < -0.4 is 15.0 Å². The van der Waals surface area contributed by atoms with Crippen LogP contribution in [0.15, 0.2) is 24.3 Å². The fraction of sp³-hybridized carbons (Fsp3) is 0.444. The molecule has 0 spiro atoms. The SMILES string of the molecule is CNC(=O)c1cc2c(cc1N(C)C)CN(CC(=O)c1cc(OC(C)C)c(O)c(C(C)(C)C)c1)C2=N. The van der Waals surface area contributed by atoms with Gasteiger partial charge in [-0.15, -0.1) is 0 Å². The summed E-state index contributed by atoms with van der Waals surface area (Å²) in [6.07, 6.45) is -0.166. The van der Waals surface area contributed by atoms with Gasteiger partial charge in [-0.2, -0.15) is 0 Å². The van der Waals surface area contributed by atoms with Crippen LogP contribution in [0, 0.1) is 5.41 Å². The number of amides is 1. The van der Waals surface area contributed by atoms with Crippen molar-refractivity contribution < 1.29 is 19.4 Å². The normalized spacial score (nSPS) is 13.2. The number of benzene rings is 2. The van der Waals surface area contributed by atoms with E-state index in [1.165, 1.54) is 0 Å². The number of rotatable bonds is 7. The van der Waals surface area contributed by atoms with Crippen LogP contribution in [-0.2, 0) is 12.0 Å². The fourth-order valence-electron chi connectivity index (χ4n) is 4.21. The molecular formula is C27H36N4O4. The van der Waals surface area contributed by atoms with Crippen LogP contribution in [0.2, 0.25) is 0 Å². The number of nitrogens with one attached hydrogen (secondary N) is 2. The average molecular weight is 481 g/mol. The van der Waals surface area contributed by atoms with E-state index in [2.05, 4.69) is 5.32 Å². The van der Waals surface area contributed by atoms with E-state index in [0.717, 1.165) is 11.3 Å². The van der Waals surface area contributed by atoms with Gasteiger partial charge in [0, 0.05) is 50.1 Å². The van der Waals surface area contributed by atoms with Gasteiger partial charge < -0.3 is 25.0 Å². The zero-order valence-corrected chi connectivity index (χ0v) is 21.9. The summed E-state index contributed by atoms with van der Waals surface area (Å²) in [5.74, 6) is 0.122. The second kappa shape index (κ2) is 9.60.